The van der Waals surface area contributed by atoms with Gasteiger partial charge in [0.15, 0.2) is 0 Å². The highest BCUT2D eigenvalue weighted by atomic mass is 16.5. The molecule has 3 heteroatoms. The first-order valence-corrected chi connectivity index (χ1v) is 9.21. The predicted octanol–water partition coefficient (Wildman–Crippen LogP) is 3.29. The first kappa shape index (κ1) is 17.2. The molecule has 21 heavy (non-hydrogen) atoms. The Morgan fingerprint density at radius 1 is 1.00 bits per heavy atom. The van der Waals surface area contributed by atoms with Crippen LogP contribution in [0.3, 0.4) is 0 Å². The summed E-state index contributed by atoms with van der Waals surface area (Å²) in [5.41, 5.74) is 0.451. The van der Waals surface area contributed by atoms with Gasteiger partial charge in [-0.1, -0.05) is 33.1 Å². The number of rotatable bonds is 6. The van der Waals surface area contributed by atoms with Gasteiger partial charge >= 0.3 is 0 Å². The van der Waals surface area contributed by atoms with Crippen molar-refractivity contribution in [3.8, 4) is 0 Å². The zero-order valence-electron chi connectivity index (χ0n) is 14.3. The maximum absolute atomic E-state index is 5.64. The lowest BCUT2D eigenvalue weighted by atomic mass is 9.79. The van der Waals surface area contributed by atoms with E-state index in [1.807, 2.05) is 0 Å². The maximum Gasteiger partial charge on any atom is 0.0472 e. The fourth-order valence-electron chi connectivity index (χ4n) is 3.77. The minimum Gasteiger partial charge on any atom is -0.381 e. The second-order valence-corrected chi connectivity index (χ2v) is 7.68. The summed E-state index contributed by atoms with van der Waals surface area (Å²) in [4.78, 5) is 2.75. The van der Waals surface area contributed by atoms with Gasteiger partial charge < -0.3 is 15.0 Å². The van der Waals surface area contributed by atoms with Crippen LogP contribution in [0.4, 0.5) is 0 Å². The molecule has 0 aromatic carbocycles. The van der Waals surface area contributed by atoms with Crippen molar-refractivity contribution in [2.24, 2.45) is 11.3 Å². The second-order valence-electron chi connectivity index (χ2n) is 7.68. The van der Waals surface area contributed by atoms with Crippen LogP contribution >= 0.6 is 0 Å². The van der Waals surface area contributed by atoms with Crippen molar-refractivity contribution in [1.82, 2.24) is 10.2 Å². The Morgan fingerprint density at radius 3 is 2.24 bits per heavy atom. The summed E-state index contributed by atoms with van der Waals surface area (Å²) in [6.07, 6.45) is 9.56. The molecule has 2 saturated heterocycles. The van der Waals surface area contributed by atoms with Crippen LogP contribution in [-0.2, 0) is 4.74 Å². The van der Waals surface area contributed by atoms with E-state index in [1.165, 1.54) is 71.1 Å². The Bertz CT molecular complexity index is 266. The highest BCUT2D eigenvalue weighted by molar-refractivity contribution is 4.87. The highest BCUT2D eigenvalue weighted by Gasteiger charge is 2.34. The molecule has 0 bridgehead atoms. The van der Waals surface area contributed by atoms with E-state index in [4.69, 9.17) is 4.74 Å². The van der Waals surface area contributed by atoms with Gasteiger partial charge in [0.25, 0.3) is 0 Å². The minimum atomic E-state index is 0.451. The monoisotopic (exact) mass is 296 g/mol. The standard InChI is InChI=1S/C18H36N2O/c1-17(2)14-19-15-18(8-12-21-13-9-18)16-20-10-6-4-3-5-7-11-20/h17,19H,3-16H2,1-2H3. The Kier molecular flexibility index (Phi) is 7.48. The van der Waals surface area contributed by atoms with Crippen LogP contribution in [-0.4, -0.2) is 50.8 Å². The predicted molar refractivity (Wildman–Crippen MR) is 89.7 cm³/mol. The molecule has 0 saturated carbocycles. The lowest BCUT2D eigenvalue weighted by Gasteiger charge is -2.42. The van der Waals surface area contributed by atoms with Crippen LogP contribution < -0.4 is 5.32 Å². The number of likely N-dealkylation sites (tertiary alicyclic amines) is 1. The van der Waals surface area contributed by atoms with Crippen molar-refractivity contribution in [2.45, 2.75) is 58.8 Å². The molecule has 0 atom stereocenters. The maximum atomic E-state index is 5.64. The average Bonchev–Trinajstić information content (AvgIpc) is 2.42. The van der Waals surface area contributed by atoms with E-state index in [9.17, 15) is 0 Å². The molecule has 2 fully saturated rings. The summed E-state index contributed by atoms with van der Waals surface area (Å²) in [7, 11) is 0. The van der Waals surface area contributed by atoms with Gasteiger partial charge in [-0.25, -0.2) is 0 Å². The molecule has 2 rings (SSSR count). The zero-order chi connectivity index (χ0) is 15.0. The summed E-state index contributed by atoms with van der Waals surface area (Å²) in [6.45, 7) is 12.7. The van der Waals surface area contributed by atoms with E-state index >= 15 is 0 Å². The molecule has 2 aliphatic rings. The van der Waals surface area contributed by atoms with Crippen LogP contribution in [0.2, 0.25) is 0 Å². The summed E-state index contributed by atoms with van der Waals surface area (Å²) >= 11 is 0. The Hall–Kier alpha value is -0.120. The molecule has 0 aliphatic carbocycles. The molecular formula is C18H36N2O. The van der Waals surface area contributed by atoms with Gasteiger partial charge in [0.05, 0.1) is 0 Å². The zero-order valence-corrected chi connectivity index (χ0v) is 14.3. The molecule has 0 aromatic heterocycles. The summed E-state index contributed by atoms with van der Waals surface area (Å²) in [6, 6.07) is 0. The third kappa shape index (κ3) is 6.25. The van der Waals surface area contributed by atoms with Gasteiger partial charge in [0, 0.05) is 26.3 Å². The third-order valence-electron chi connectivity index (χ3n) is 5.11. The summed E-state index contributed by atoms with van der Waals surface area (Å²) in [5.74, 6) is 0.739. The second kappa shape index (κ2) is 9.12. The Balaban J connectivity index is 1.87. The van der Waals surface area contributed by atoms with Crippen molar-refractivity contribution >= 4 is 0 Å². The normalized spacial score (nSPS) is 24.7. The first-order chi connectivity index (χ1) is 10.2. The summed E-state index contributed by atoms with van der Waals surface area (Å²) in [5, 5.41) is 3.73. The van der Waals surface area contributed by atoms with Gasteiger partial charge in [-0.3, -0.25) is 0 Å². The van der Waals surface area contributed by atoms with E-state index in [0.717, 1.165) is 25.7 Å². The number of hydrogen-bond donors (Lipinski definition) is 1. The van der Waals surface area contributed by atoms with Crippen LogP contribution in [0.15, 0.2) is 0 Å². The van der Waals surface area contributed by atoms with E-state index in [2.05, 4.69) is 24.1 Å². The number of hydrogen-bond acceptors (Lipinski definition) is 3. The van der Waals surface area contributed by atoms with E-state index in [1.54, 1.807) is 0 Å². The molecule has 124 valence electrons. The quantitative estimate of drug-likeness (QED) is 0.814. The van der Waals surface area contributed by atoms with Crippen LogP contribution in [0, 0.1) is 11.3 Å². The third-order valence-corrected chi connectivity index (χ3v) is 5.11. The van der Waals surface area contributed by atoms with Gasteiger partial charge in [-0.15, -0.1) is 0 Å². The summed E-state index contributed by atoms with van der Waals surface area (Å²) < 4.78 is 5.64. The molecule has 1 N–H and O–H groups in total. The van der Waals surface area contributed by atoms with Crippen LogP contribution in [0.25, 0.3) is 0 Å². The van der Waals surface area contributed by atoms with Gasteiger partial charge in [0.1, 0.15) is 0 Å². The van der Waals surface area contributed by atoms with Gasteiger partial charge in [0.2, 0.25) is 0 Å². The van der Waals surface area contributed by atoms with Gasteiger partial charge in [-0.05, 0) is 56.7 Å². The minimum absolute atomic E-state index is 0.451. The largest absolute Gasteiger partial charge is 0.381 e. The Morgan fingerprint density at radius 2 is 1.62 bits per heavy atom. The van der Waals surface area contributed by atoms with Crippen molar-refractivity contribution in [3.05, 3.63) is 0 Å². The SMILES string of the molecule is CC(C)CNCC1(CN2CCCCCCC2)CCOCC1. The van der Waals surface area contributed by atoms with Crippen molar-refractivity contribution in [1.29, 1.82) is 0 Å². The van der Waals surface area contributed by atoms with Crippen molar-refractivity contribution < 1.29 is 4.74 Å². The lowest BCUT2D eigenvalue weighted by molar-refractivity contribution is -0.00568. The molecule has 0 spiro atoms. The molecule has 2 heterocycles. The van der Waals surface area contributed by atoms with E-state index in [-0.39, 0.29) is 0 Å². The lowest BCUT2D eigenvalue weighted by Crippen LogP contribution is -2.48. The van der Waals surface area contributed by atoms with E-state index < -0.39 is 0 Å². The van der Waals surface area contributed by atoms with Crippen LogP contribution in [0.5, 0.6) is 0 Å². The highest BCUT2D eigenvalue weighted by Crippen LogP contribution is 2.31. The molecule has 0 aromatic rings. The molecule has 0 amide bonds. The molecule has 3 nitrogen and oxygen atoms in total. The van der Waals surface area contributed by atoms with Crippen LogP contribution in [0.1, 0.15) is 58.8 Å². The Labute approximate surface area is 131 Å². The smallest absolute Gasteiger partial charge is 0.0472 e. The number of nitrogens with zero attached hydrogens (tertiary/aromatic N) is 1. The molecule has 0 radical (unpaired) electrons. The molecule has 2 aliphatic heterocycles. The topological polar surface area (TPSA) is 24.5 Å². The van der Waals surface area contributed by atoms with Crippen molar-refractivity contribution in [3.63, 3.8) is 0 Å². The average molecular weight is 296 g/mol. The molecule has 0 unspecified atom stereocenters. The first-order valence-electron chi connectivity index (χ1n) is 9.21. The fourth-order valence-corrected chi connectivity index (χ4v) is 3.77. The molecular weight excluding hydrogens is 260 g/mol. The van der Waals surface area contributed by atoms with E-state index in [0.29, 0.717) is 5.41 Å². The van der Waals surface area contributed by atoms with Crippen molar-refractivity contribution in [2.75, 3.05) is 45.9 Å². The number of ether oxygens (including phenoxy) is 1. The van der Waals surface area contributed by atoms with Gasteiger partial charge in [-0.2, -0.15) is 0 Å². The fraction of sp³-hybridized carbons (Fsp3) is 1.00. The number of nitrogens with one attached hydrogen (secondary N) is 1.